The predicted octanol–water partition coefficient (Wildman–Crippen LogP) is 3.51. The van der Waals surface area contributed by atoms with Crippen molar-refractivity contribution in [3.8, 4) is 0 Å². The molecule has 4 rings (SSSR count). The number of carbonyl (C=O) groups excluding carboxylic acids is 1. The highest BCUT2D eigenvalue weighted by Gasteiger charge is 2.38. The van der Waals surface area contributed by atoms with Crippen LogP contribution in [0.1, 0.15) is 23.6 Å². The maximum absolute atomic E-state index is 12.7. The molecule has 2 aliphatic heterocycles. The van der Waals surface area contributed by atoms with E-state index < -0.39 is 0 Å². The normalized spacial score (nSPS) is 21.5. The zero-order valence-electron chi connectivity index (χ0n) is 16.2. The zero-order chi connectivity index (χ0) is 19.2. The van der Waals surface area contributed by atoms with E-state index in [0.29, 0.717) is 6.61 Å². The van der Waals surface area contributed by atoms with Crippen molar-refractivity contribution in [2.75, 3.05) is 39.5 Å². The molecular weight excluding hydrogens is 352 g/mol. The molecular formula is C23H28N2O3. The fourth-order valence-electron chi connectivity index (χ4n) is 4.17. The number of nitrogens with zero attached hydrogens (tertiary/aromatic N) is 2. The lowest BCUT2D eigenvalue weighted by atomic mass is 9.98. The molecule has 2 aliphatic rings. The van der Waals surface area contributed by atoms with E-state index in [-0.39, 0.29) is 18.2 Å². The monoisotopic (exact) mass is 380 g/mol. The van der Waals surface area contributed by atoms with Crippen molar-refractivity contribution in [1.82, 2.24) is 9.80 Å². The Morgan fingerprint density at radius 3 is 2.36 bits per heavy atom. The molecule has 5 nitrogen and oxygen atoms in total. The van der Waals surface area contributed by atoms with E-state index in [2.05, 4.69) is 29.2 Å². The van der Waals surface area contributed by atoms with Gasteiger partial charge in [0.2, 0.25) is 0 Å². The van der Waals surface area contributed by atoms with E-state index in [4.69, 9.17) is 9.47 Å². The van der Waals surface area contributed by atoms with Crippen LogP contribution in [0.3, 0.4) is 0 Å². The van der Waals surface area contributed by atoms with Gasteiger partial charge in [0.15, 0.2) is 0 Å². The van der Waals surface area contributed by atoms with Crippen molar-refractivity contribution in [3.05, 3.63) is 71.8 Å². The Hall–Kier alpha value is -2.37. The first kappa shape index (κ1) is 19.0. The molecule has 2 aromatic carbocycles. The summed E-state index contributed by atoms with van der Waals surface area (Å²) in [4.78, 5) is 17.1. The predicted molar refractivity (Wildman–Crippen MR) is 108 cm³/mol. The van der Waals surface area contributed by atoms with Crippen molar-refractivity contribution in [2.24, 2.45) is 0 Å². The minimum absolute atomic E-state index is 0.0211. The second-order valence-corrected chi connectivity index (χ2v) is 7.50. The van der Waals surface area contributed by atoms with Gasteiger partial charge in [-0.25, -0.2) is 4.79 Å². The molecule has 2 atom stereocenters. The molecule has 5 heteroatoms. The summed E-state index contributed by atoms with van der Waals surface area (Å²) in [5, 5.41) is 0. The SMILES string of the molecule is O=C1OCC(Cc2ccccc2)N1C(CCN1CCOCC1)c1ccccc1. The van der Waals surface area contributed by atoms with Gasteiger partial charge in [-0.05, 0) is 24.0 Å². The first-order valence-electron chi connectivity index (χ1n) is 10.2. The number of benzene rings is 2. The second kappa shape index (κ2) is 9.22. The van der Waals surface area contributed by atoms with Gasteiger partial charge in [-0.15, -0.1) is 0 Å². The van der Waals surface area contributed by atoms with Crippen LogP contribution < -0.4 is 0 Å². The van der Waals surface area contributed by atoms with E-state index >= 15 is 0 Å². The van der Waals surface area contributed by atoms with Crippen LogP contribution in [-0.2, 0) is 15.9 Å². The number of cyclic esters (lactones) is 1. The first-order chi connectivity index (χ1) is 13.8. The largest absolute Gasteiger partial charge is 0.447 e. The zero-order valence-corrected chi connectivity index (χ0v) is 16.2. The molecule has 1 amide bonds. The molecule has 0 N–H and O–H groups in total. The van der Waals surface area contributed by atoms with Crippen molar-refractivity contribution in [2.45, 2.75) is 24.9 Å². The number of ether oxygens (including phenoxy) is 2. The third-order valence-electron chi connectivity index (χ3n) is 5.66. The summed E-state index contributed by atoms with van der Waals surface area (Å²) in [6.07, 6.45) is 1.51. The third kappa shape index (κ3) is 4.54. The molecule has 0 aromatic heterocycles. The Morgan fingerprint density at radius 2 is 1.64 bits per heavy atom. The first-order valence-corrected chi connectivity index (χ1v) is 10.2. The highest BCUT2D eigenvalue weighted by Crippen LogP contribution is 2.32. The summed E-state index contributed by atoms with van der Waals surface area (Å²) in [7, 11) is 0. The van der Waals surface area contributed by atoms with Gasteiger partial charge in [0.25, 0.3) is 0 Å². The number of carbonyl (C=O) groups is 1. The molecule has 0 aliphatic carbocycles. The number of rotatable bonds is 7. The number of morpholine rings is 1. The lowest BCUT2D eigenvalue weighted by molar-refractivity contribution is 0.0334. The smallest absolute Gasteiger partial charge is 0.410 e. The fourth-order valence-corrected chi connectivity index (χ4v) is 4.17. The van der Waals surface area contributed by atoms with Gasteiger partial charge in [-0.1, -0.05) is 60.7 Å². The van der Waals surface area contributed by atoms with Gasteiger partial charge in [0, 0.05) is 19.6 Å². The maximum Gasteiger partial charge on any atom is 0.410 e. The summed E-state index contributed by atoms with van der Waals surface area (Å²) in [5.41, 5.74) is 2.41. The molecule has 0 radical (unpaired) electrons. The van der Waals surface area contributed by atoms with E-state index in [1.165, 1.54) is 11.1 Å². The van der Waals surface area contributed by atoms with Crippen molar-refractivity contribution >= 4 is 6.09 Å². The van der Waals surface area contributed by atoms with Gasteiger partial charge in [0.05, 0.1) is 25.3 Å². The summed E-state index contributed by atoms with van der Waals surface area (Å²) in [6.45, 7) is 4.90. The highest BCUT2D eigenvalue weighted by atomic mass is 16.6. The van der Waals surface area contributed by atoms with Gasteiger partial charge in [-0.3, -0.25) is 9.80 Å². The van der Waals surface area contributed by atoms with Crippen molar-refractivity contribution in [1.29, 1.82) is 0 Å². The van der Waals surface area contributed by atoms with Crippen LogP contribution in [0.15, 0.2) is 60.7 Å². The molecule has 2 fully saturated rings. The van der Waals surface area contributed by atoms with Crippen LogP contribution in [0.25, 0.3) is 0 Å². The van der Waals surface area contributed by atoms with Gasteiger partial charge >= 0.3 is 6.09 Å². The number of hydrogen-bond donors (Lipinski definition) is 0. The Labute approximate surface area is 166 Å². The van der Waals surface area contributed by atoms with Crippen molar-refractivity contribution in [3.63, 3.8) is 0 Å². The Balaban J connectivity index is 1.53. The van der Waals surface area contributed by atoms with Gasteiger partial charge < -0.3 is 9.47 Å². The van der Waals surface area contributed by atoms with Crippen LogP contribution in [0.4, 0.5) is 4.79 Å². The van der Waals surface area contributed by atoms with Crippen LogP contribution >= 0.6 is 0 Å². The summed E-state index contributed by atoms with van der Waals surface area (Å²) < 4.78 is 11.0. The molecule has 2 saturated heterocycles. The van der Waals surface area contributed by atoms with E-state index in [1.54, 1.807) is 0 Å². The van der Waals surface area contributed by atoms with E-state index in [0.717, 1.165) is 45.7 Å². The highest BCUT2D eigenvalue weighted by molar-refractivity contribution is 5.71. The molecule has 0 bridgehead atoms. The maximum atomic E-state index is 12.7. The topological polar surface area (TPSA) is 42.0 Å². The lowest BCUT2D eigenvalue weighted by Crippen LogP contribution is -2.42. The number of amides is 1. The Morgan fingerprint density at radius 1 is 0.964 bits per heavy atom. The van der Waals surface area contributed by atoms with Crippen LogP contribution in [0.2, 0.25) is 0 Å². The minimum atomic E-state index is -0.197. The lowest BCUT2D eigenvalue weighted by Gasteiger charge is -2.34. The standard InChI is InChI=1S/C23H28N2O3/c26-23-25(21(18-28-23)17-19-7-3-1-4-8-19)22(20-9-5-2-6-10-20)11-12-24-13-15-27-16-14-24/h1-10,21-22H,11-18H2. The van der Waals surface area contributed by atoms with Gasteiger partial charge in [-0.2, -0.15) is 0 Å². The molecule has 0 spiro atoms. The van der Waals surface area contributed by atoms with Crippen LogP contribution in [0, 0.1) is 0 Å². The third-order valence-corrected chi connectivity index (χ3v) is 5.66. The van der Waals surface area contributed by atoms with Crippen LogP contribution in [-0.4, -0.2) is 61.4 Å². The van der Waals surface area contributed by atoms with Gasteiger partial charge in [0.1, 0.15) is 6.61 Å². The van der Waals surface area contributed by atoms with Crippen LogP contribution in [0.5, 0.6) is 0 Å². The molecule has 2 unspecified atom stereocenters. The summed E-state index contributed by atoms with van der Waals surface area (Å²) >= 11 is 0. The summed E-state index contributed by atoms with van der Waals surface area (Å²) in [6, 6.07) is 20.8. The average Bonchev–Trinajstić information content (AvgIpc) is 3.11. The quantitative estimate of drug-likeness (QED) is 0.737. The Kier molecular flexibility index (Phi) is 6.24. The molecule has 0 saturated carbocycles. The molecule has 2 aromatic rings. The van der Waals surface area contributed by atoms with E-state index in [9.17, 15) is 4.79 Å². The molecule has 148 valence electrons. The molecule has 2 heterocycles. The average molecular weight is 380 g/mol. The fraction of sp³-hybridized carbons (Fsp3) is 0.435. The second-order valence-electron chi connectivity index (χ2n) is 7.50. The van der Waals surface area contributed by atoms with E-state index in [1.807, 2.05) is 41.3 Å². The Bertz CT molecular complexity index is 747. The molecule has 28 heavy (non-hydrogen) atoms. The van der Waals surface area contributed by atoms with Crippen molar-refractivity contribution < 1.29 is 14.3 Å². The minimum Gasteiger partial charge on any atom is -0.447 e. The summed E-state index contributed by atoms with van der Waals surface area (Å²) in [5.74, 6) is 0. The number of hydrogen-bond acceptors (Lipinski definition) is 4.